The van der Waals surface area contributed by atoms with Crippen LogP contribution in [0.15, 0.2) is 54.6 Å². The van der Waals surface area contributed by atoms with E-state index in [1.165, 1.54) is 50.5 Å². The average Bonchev–Trinajstić information content (AvgIpc) is 3.46. The molecule has 0 heterocycles. The van der Waals surface area contributed by atoms with Crippen LogP contribution in [-0.2, 0) is 10.2 Å². The van der Waals surface area contributed by atoms with E-state index < -0.39 is 18.0 Å². The zero-order chi connectivity index (χ0) is 28.4. The lowest BCUT2D eigenvalue weighted by molar-refractivity contribution is -0.152. The van der Waals surface area contributed by atoms with Crippen molar-refractivity contribution in [2.45, 2.75) is 115 Å². The highest BCUT2D eigenvalue weighted by Gasteiger charge is 2.53. The molecule has 0 bridgehead atoms. The number of aliphatic carboxylic acids is 1. The third kappa shape index (κ3) is 7.48. The van der Waals surface area contributed by atoms with Crippen LogP contribution in [0.3, 0.4) is 0 Å². The van der Waals surface area contributed by atoms with Crippen molar-refractivity contribution >= 4 is 5.97 Å². The van der Waals surface area contributed by atoms with Gasteiger partial charge in [-0.15, -0.1) is 0 Å². The molecule has 0 unspecified atom stereocenters. The van der Waals surface area contributed by atoms with Gasteiger partial charge in [0.2, 0.25) is 0 Å². The molecule has 40 heavy (non-hydrogen) atoms. The van der Waals surface area contributed by atoms with Crippen LogP contribution in [-0.4, -0.2) is 28.8 Å². The minimum Gasteiger partial charge on any atom is -0.481 e. The summed E-state index contributed by atoms with van der Waals surface area (Å²) in [5.41, 5.74) is 7.45. The van der Waals surface area contributed by atoms with Crippen LogP contribution >= 0.6 is 0 Å². The second-order valence-corrected chi connectivity index (χ2v) is 13.2. The predicted molar refractivity (Wildman–Crippen MR) is 165 cm³/mol. The number of carbonyl (C=O) groups is 1. The van der Waals surface area contributed by atoms with Crippen LogP contribution in [0.4, 0.5) is 0 Å². The predicted octanol–water partition coefficient (Wildman–Crippen LogP) is 8.05. The van der Waals surface area contributed by atoms with Gasteiger partial charge < -0.3 is 15.9 Å². The van der Waals surface area contributed by atoms with Gasteiger partial charge in [-0.05, 0) is 100.0 Å². The average molecular weight is 550 g/mol. The Morgan fingerprint density at radius 3 is 2.33 bits per heavy atom. The molecule has 6 atom stereocenters. The Morgan fingerprint density at radius 1 is 0.975 bits per heavy atom. The number of carboxylic acid groups (broad SMARTS) is 1. The molecule has 0 spiro atoms. The number of benzene rings is 1. The molecule has 0 saturated heterocycles. The monoisotopic (exact) mass is 549 g/mol. The Balaban J connectivity index is 1.51. The van der Waals surface area contributed by atoms with E-state index in [-0.39, 0.29) is 23.2 Å². The highest BCUT2D eigenvalue weighted by Crippen LogP contribution is 2.56. The number of unbranched alkanes of at least 4 members (excludes halogenated alkanes) is 1. The fourth-order valence-electron chi connectivity index (χ4n) is 8.83. The summed E-state index contributed by atoms with van der Waals surface area (Å²) in [6, 6.07) is 10.8. The van der Waals surface area contributed by atoms with Gasteiger partial charge >= 0.3 is 5.97 Å². The van der Waals surface area contributed by atoms with Crippen LogP contribution in [0, 0.1) is 35.5 Å². The molecular formula is C36H55NO3. The van der Waals surface area contributed by atoms with Gasteiger partial charge in [0.1, 0.15) is 0 Å². The minimum atomic E-state index is -0.904. The Hall–Kier alpha value is -1.91. The SMILES string of the molecule is C[C@H](O)[C@H](C(=O)O)[C@@H]1[C@H](CCN)[C@@H](CCC/C=C\CCC2CCCCC2)C=C[C@H]1C1(c2ccccc2)CCCC1. The molecular weight excluding hydrogens is 494 g/mol. The van der Waals surface area contributed by atoms with E-state index >= 15 is 0 Å². The van der Waals surface area contributed by atoms with E-state index in [1.54, 1.807) is 6.92 Å². The number of carboxylic acids is 1. The van der Waals surface area contributed by atoms with Gasteiger partial charge in [-0.1, -0.05) is 99.6 Å². The lowest BCUT2D eigenvalue weighted by Gasteiger charge is -2.50. The smallest absolute Gasteiger partial charge is 0.309 e. The van der Waals surface area contributed by atoms with Gasteiger partial charge in [0.05, 0.1) is 12.0 Å². The van der Waals surface area contributed by atoms with Crippen LogP contribution in [0.1, 0.15) is 109 Å². The van der Waals surface area contributed by atoms with Crippen molar-refractivity contribution in [2.24, 2.45) is 41.2 Å². The summed E-state index contributed by atoms with van der Waals surface area (Å²) in [6.07, 6.45) is 26.8. The van der Waals surface area contributed by atoms with Crippen LogP contribution in [0.2, 0.25) is 0 Å². The molecule has 0 aromatic heterocycles. The van der Waals surface area contributed by atoms with E-state index in [0.29, 0.717) is 12.5 Å². The van der Waals surface area contributed by atoms with E-state index in [0.717, 1.165) is 57.3 Å². The van der Waals surface area contributed by atoms with Crippen molar-refractivity contribution < 1.29 is 15.0 Å². The summed E-state index contributed by atoms with van der Waals surface area (Å²) in [5, 5.41) is 21.3. The number of nitrogens with two attached hydrogens (primary N) is 1. The lowest BCUT2D eigenvalue weighted by Crippen LogP contribution is -2.50. The number of hydrogen-bond acceptors (Lipinski definition) is 3. The quantitative estimate of drug-likeness (QED) is 0.162. The maximum Gasteiger partial charge on any atom is 0.309 e. The van der Waals surface area contributed by atoms with Crippen molar-refractivity contribution in [3.63, 3.8) is 0 Å². The van der Waals surface area contributed by atoms with Crippen LogP contribution in [0.5, 0.6) is 0 Å². The van der Waals surface area contributed by atoms with Gasteiger partial charge in [-0.3, -0.25) is 4.79 Å². The first-order chi connectivity index (χ1) is 19.5. The zero-order valence-corrected chi connectivity index (χ0v) is 24.9. The molecule has 0 radical (unpaired) electrons. The topological polar surface area (TPSA) is 83.5 Å². The Morgan fingerprint density at radius 2 is 1.68 bits per heavy atom. The summed E-state index contributed by atoms with van der Waals surface area (Å²) >= 11 is 0. The van der Waals surface area contributed by atoms with E-state index in [2.05, 4.69) is 54.6 Å². The maximum absolute atomic E-state index is 12.7. The van der Waals surface area contributed by atoms with Gasteiger partial charge in [-0.2, -0.15) is 0 Å². The Bertz CT molecular complexity index is 942. The lowest BCUT2D eigenvalue weighted by atomic mass is 9.53. The van der Waals surface area contributed by atoms with Crippen LogP contribution < -0.4 is 5.73 Å². The molecule has 3 aliphatic rings. The first-order valence-electron chi connectivity index (χ1n) is 16.5. The molecule has 222 valence electrons. The molecule has 0 aliphatic heterocycles. The first-order valence-corrected chi connectivity index (χ1v) is 16.5. The standard InChI is InChI=1S/C36H55NO3/c1-27(38)33(35(39)40)34-31(23-26-37)29(18-10-4-2-3-7-15-28-16-8-5-9-17-28)21-22-32(34)36(24-13-14-25-36)30-19-11-6-12-20-30/h2-3,6,11-12,19-22,27-29,31-34,38H,4-5,7-10,13-18,23-26,37H2,1H3,(H,39,40)/b3-2-/t27-,29-,31+,32+,33-,34+/m0/s1. The summed E-state index contributed by atoms with van der Waals surface area (Å²) in [6.45, 7) is 2.22. The third-order valence-corrected chi connectivity index (χ3v) is 10.8. The molecule has 3 aliphatic carbocycles. The molecule has 4 rings (SSSR count). The molecule has 0 amide bonds. The fourth-order valence-corrected chi connectivity index (χ4v) is 8.83. The summed E-state index contributed by atoms with van der Waals surface area (Å²) in [7, 11) is 0. The molecule has 1 aromatic rings. The van der Waals surface area contributed by atoms with Gasteiger partial charge in [0, 0.05) is 5.41 Å². The molecule has 2 fully saturated rings. The molecule has 4 heteroatoms. The van der Waals surface area contributed by atoms with Crippen molar-refractivity contribution in [3.05, 3.63) is 60.2 Å². The highest BCUT2D eigenvalue weighted by atomic mass is 16.4. The summed E-state index contributed by atoms with van der Waals surface area (Å²) in [4.78, 5) is 12.7. The first kappa shape index (κ1) is 31.0. The van der Waals surface area contributed by atoms with Gasteiger partial charge in [0.25, 0.3) is 0 Å². The second-order valence-electron chi connectivity index (χ2n) is 13.2. The van der Waals surface area contributed by atoms with E-state index in [1.807, 2.05) is 0 Å². The number of aliphatic hydroxyl groups excluding tert-OH is 1. The molecule has 1 aromatic carbocycles. The van der Waals surface area contributed by atoms with E-state index in [9.17, 15) is 15.0 Å². The number of hydrogen-bond donors (Lipinski definition) is 3. The minimum absolute atomic E-state index is 0.0795. The van der Waals surface area contributed by atoms with Crippen molar-refractivity contribution in [3.8, 4) is 0 Å². The van der Waals surface area contributed by atoms with Crippen LogP contribution in [0.25, 0.3) is 0 Å². The number of aliphatic hydroxyl groups is 1. The Kier molecular flexibility index (Phi) is 11.9. The third-order valence-electron chi connectivity index (χ3n) is 10.8. The number of rotatable bonds is 14. The Labute approximate surface area is 243 Å². The van der Waals surface area contributed by atoms with Crippen molar-refractivity contribution in [1.29, 1.82) is 0 Å². The zero-order valence-electron chi connectivity index (χ0n) is 24.9. The van der Waals surface area contributed by atoms with Gasteiger partial charge in [-0.25, -0.2) is 0 Å². The normalized spacial score (nSPS) is 28.6. The fraction of sp³-hybridized carbons (Fsp3) is 0.694. The maximum atomic E-state index is 12.7. The largest absolute Gasteiger partial charge is 0.481 e. The van der Waals surface area contributed by atoms with Crippen molar-refractivity contribution in [1.82, 2.24) is 0 Å². The highest BCUT2D eigenvalue weighted by molar-refractivity contribution is 5.71. The summed E-state index contributed by atoms with van der Waals surface area (Å²) < 4.78 is 0. The molecule has 4 N–H and O–H groups in total. The van der Waals surface area contributed by atoms with Gasteiger partial charge in [0.15, 0.2) is 0 Å². The van der Waals surface area contributed by atoms with Crippen molar-refractivity contribution in [2.75, 3.05) is 6.54 Å². The second kappa shape index (κ2) is 15.4. The molecule has 2 saturated carbocycles. The van der Waals surface area contributed by atoms with E-state index in [4.69, 9.17) is 5.73 Å². The molecule has 4 nitrogen and oxygen atoms in total. The summed E-state index contributed by atoms with van der Waals surface area (Å²) in [5.74, 6) is -0.329. The number of allylic oxidation sites excluding steroid dienone is 4.